The van der Waals surface area contributed by atoms with Crippen LogP contribution in [0.15, 0.2) is 12.1 Å². The van der Waals surface area contributed by atoms with Crippen LogP contribution in [0, 0.1) is 21.7 Å². The summed E-state index contributed by atoms with van der Waals surface area (Å²) >= 11 is 0. The van der Waals surface area contributed by atoms with Gasteiger partial charge in [-0.2, -0.15) is 4.39 Å². The molecular formula is C11H11F2N3O4. The van der Waals surface area contributed by atoms with Gasteiger partial charge in [-0.25, -0.2) is 4.39 Å². The van der Waals surface area contributed by atoms with E-state index in [1.54, 1.807) is 0 Å². The van der Waals surface area contributed by atoms with Gasteiger partial charge in [0.1, 0.15) is 11.4 Å². The highest BCUT2D eigenvalue weighted by Crippen LogP contribution is 2.22. The summed E-state index contributed by atoms with van der Waals surface area (Å²) in [5.74, 6) is -4.46. The first-order chi connectivity index (χ1) is 9.34. The quantitative estimate of drug-likeness (QED) is 0.458. The SMILES string of the molecule is NC(=O)CCCNC(=O)c1c(F)ccc([N+](=O)[O-])c1F. The Labute approximate surface area is 111 Å². The van der Waals surface area contributed by atoms with E-state index in [1.165, 1.54) is 0 Å². The predicted molar refractivity (Wildman–Crippen MR) is 63.8 cm³/mol. The summed E-state index contributed by atoms with van der Waals surface area (Å²) in [6.07, 6.45) is 0.194. The molecule has 1 aromatic carbocycles. The molecule has 20 heavy (non-hydrogen) atoms. The molecule has 0 heterocycles. The van der Waals surface area contributed by atoms with E-state index in [2.05, 4.69) is 5.32 Å². The van der Waals surface area contributed by atoms with E-state index in [1.807, 2.05) is 0 Å². The topological polar surface area (TPSA) is 115 Å². The predicted octanol–water partition coefficient (Wildman–Crippen LogP) is 0.868. The van der Waals surface area contributed by atoms with Crippen molar-refractivity contribution in [2.24, 2.45) is 5.73 Å². The minimum absolute atomic E-state index is 0.000180. The molecule has 108 valence electrons. The monoisotopic (exact) mass is 287 g/mol. The number of nitrogens with two attached hydrogens (primary N) is 1. The molecule has 0 aliphatic rings. The summed E-state index contributed by atoms with van der Waals surface area (Å²) in [5, 5.41) is 12.7. The van der Waals surface area contributed by atoms with Crippen LogP contribution >= 0.6 is 0 Å². The zero-order valence-corrected chi connectivity index (χ0v) is 10.2. The summed E-state index contributed by atoms with van der Waals surface area (Å²) in [6, 6.07) is 1.27. The zero-order valence-electron chi connectivity index (χ0n) is 10.2. The molecule has 3 N–H and O–H groups in total. The Kier molecular flexibility index (Phi) is 5.07. The van der Waals surface area contributed by atoms with Crippen LogP contribution in [-0.4, -0.2) is 23.3 Å². The zero-order chi connectivity index (χ0) is 15.3. The first kappa shape index (κ1) is 15.5. The van der Waals surface area contributed by atoms with Crippen molar-refractivity contribution in [1.82, 2.24) is 5.32 Å². The van der Waals surface area contributed by atoms with Crippen LogP contribution in [0.25, 0.3) is 0 Å². The second-order valence-corrected chi connectivity index (χ2v) is 3.84. The first-order valence-electron chi connectivity index (χ1n) is 5.53. The number of amides is 2. The van der Waals surface area contributed by atoms with Gasteiger partial charge in [0.2, 0.25) is 11.7 Å². The Balaban J connectivity index is 2.84. The van der Waals surface area contributed by atoms with Gasteiger partial charge in [0.15, 0.2) is 0 Å². The Morgan fingerprint density at radius 1 is 1.35 bits per heavy atom. The molecule has 0 spiro atoms. The Bertz CT molecular complexity index is 563. The second kappa shape index (κ2) is 6.55. The molecule has 0 aromatic heterocycles. The molecule has 2 amide bonds. The van der Waals surface area contributed by atoms with Crippen LogP contribution < -0.4 is 11.1 Å². The van der Waals surface area contributed by atoms with E-state index in [9.17, 15) is 28.5 Å². The number of nitrogens with one attached hydrogen (secondary N) is 1. The molecule has 7 nitrogen and oxygen atoms in total. The molecular weight excluding hydrogens is 276 g/mol. The van der Waals surface area contributed by atoms with Gasteiger partial charge in [-0.1, -0.05) is 0 Å². The fourth-order valence-corrected chi connectivity index (χ4v) is 1.44. The summed E-state index contributed by atoms with van der Waals surface area (Å²) < 4.78 is 27.0. The largest absolute Gasteiger partial charge is 0.370 e. The van der Waals surface area contributed by atoms with Crippen LogP contribution in [0.5, 0.6) is 0 Å². The van der Waals surface area contributed by atoms with E-state index in [4.69, 9.17) is 5.73 Å². The molecule has 0 radical (unpaired) electrons. The number of carbonyl (C=O) groups excluding carboxylic acids is 2. The lowest BCUT2D eigenvalue weighted by molar-refractivity contribution is -0.387. The normalized spacial score (nSPS) is 10.1. The van der Waals surface area contributed by atoms with Crippen molar-refractivity contribution in [3.8, 4) is 0 Å². The van der Waals surface area contributed by atoms with Gasteiger partial charge >= 0.3 is 5.69 Å². The van der Waals surface area contributed by atoms with Crippen molar-refractivity contribution in [1.29, 1.82) is 0 Å². The minimum Gasteiger partial charge on any atom is -0.370 e. The first-order valence-corrected chi connectivity index (χ1v) is 5.53. The number of hydrogen-bond acceptors (Lipinski definition) is 4. The maximum atomic E-state index is 13.7. The molecule has 1 rings (SSSR count). The molecule has 0 saturated carbocycles. The van der Waals surface area contributed by atoms with Crippen molar-refractivity contribution in [3.63, 3.8) is 0 Å². The number of nitrogens with zero attached hydrogens (tertiary/aromatic N) is 1. The molecule has 9 heteroatoms. The van der Waals surface area contributed by atoms with Gasteiger partial charge < -0.3 is 11.1 Å². The molecule has 0 saturated heterocycles. The third-order valence-electron chi connectivity index (χ3n) is 2.38. The number of carbonyl (C=O) groups is 2. The second-order valence-electron chi connectivity index (χ2n) is 3.84. The van der Waals surface area contributed by atoms with Crippen LogP contribution in [0.4, 0.5) is 14.5 Å². The Hall–Kier alpha value is -2.58. The molecule has 0 bridgehead atoms. The van der Waals surface area contributed by atoms with Crippen LogP contribution in [0.1, 0.15) is 23.2 Å². The maximum absolute atomic E-state index is 13.7. The van der Waals surface area contributed by atoms with Crippen LogP contribution in [0.3, 0.4) is 0 Å². The van der Waals surface area contributed by atoms with E-state index in [-0.39, 0.29) is 19.4 Å². The van der Waals surface area contributed by atoms with Gasteiger partial charge in [0.05, 0.1) is 4.92 Å². The molecule has 1 aromatic rings. The highest BCUT2D eigenvalue weighted by Gasteiger charge is 2.25. The highest BCUT2D eigenvalue weighted by atomic mass is 19.1. The fraction of sp³-hybridized carbons (Fsp3) is 0.273. The van der Waals surface area contributed by atoms with Crippen LogP contribution in [-0.2, 0) is 4.79 Å². The van der Waals surface area contributed by atoms with Gasteiger partial charge in [0.25, 0.3) is 5.91 Å². The number of halogens is 2. The average Bonchev–Trinajstić information content (AvgIpc) is 2.34. The van der Waals surface area contributed by atoms with E-state index in [0.717, 1.165) is 0 Å². The summed E-state index contributed by atoms with van der Waals surface area (Å²) in [7, 11) is 0. The van der Waals surface area contributed by atoms with E-state index in [0.29, 0.717) is 12.1 Å². The van der Waals surface area contributed by atoms with Gasteiger partial charge in [-0.3, -0.25) is 19.7 Å². The number of primary amides is 1. The lowest BCUT2D eigenvalue weighted by Crippen LogP contribution is -2.27. The number of nitro groups is 1. The fourth-order valence-electron chi connectivity index (χ4n) is 1.44. The highest BCUT2D eigenvalue weighted by molar-refractivity contribution is 5.95. The summed E-state index contributed by atoms with van der Waals surface area (Å²) in [5.41, 5.74) is 2.85. The van der Waals surface area contributed by atoms with Crippen molar-refractivity contribution in [3.05, 3.63) is 39.4 Å². The minimum atomic E-state index is -1.54. The van der Waals surface area contributed by atoms with Gasteiger partial charge in [0, 0.05) is 19.0 Å². The average molecular weight is 287 g/mol. The number of rotatable bonds is 6. The van der Waals surface area contributed by atoms with Crippen molar-refractivity contribution in [2.45, 2.75) is 12.8 Å². The number of nitro benzene ring substituents is 1. The molecule has 0 aliphatic heterocycles. The van der Waals surface area contributed by atoms with E-state index >= 15 is 0 Å². The smallest absolute Gasteiger partial charge is 0.305 e. The van der Waals surface area contributed by atoms with Gasteiger partial charge in [-0.05, 0) is 12.5 Å². The van der Waals surface area contributed by atoms with Crippen LogP contribution in [0.2, 0.25) is 0 Å². The van der Waals surface area contributed by atoms with Crippen molar-refractivity contribution < 1.29 is 23.3 Å². The molecule has 0 fully saturated rings. The standard InChI is InChI=1S/C11H11F2N3O4/c12-6-3-4-7(16(19)20)10(13)9(6)11(18)15-5-1-2-8(14)17/h3-4H,1-2,5H2,(H2,14,17)(H,15,18). The lowest BCUT2D eigenvalue weighted by atomic mass is 10.1. The van der Waals surface area contributed by atoms with Crippen molar-refractivity contribution >= 4 is 17.5 Å². The Morgan fingerprint density at radius 3 is 2.55 bits per heavy atom. The maximum Gasteiger partial charge on any atom is 0.305 e. The lowest BCUT2D eigenvalue weighted by Gasteiger charge is -2.06. The molecule has 0 aliphatic carbocycles. The van der Waals surface area contributed by atoms with E-state index < -0.39 is 39.6 Å². The van der Waals surface area contributed by atoms with Gasteiger partial charge in [-0.15, -0.1) is 0 Å². The Morgan fingerprint density at radius 2 is 2.00 bits per heavy atom. The third-order valence-corrected chi connectivity index (χ3v) is 2.38. The number of benzene rings is 1. The summed E-state index contributed by atoms with van der Waals surface area (Å²) in [6.45, 7) is -0.0383. The molecule has 0 atom stereocenters. The third kappa shape index (κ3) is 3.70. The number of hydrogen-bond donors (Lipinski definition) is 2. The van der Waals surface area contributed by atoms with Crippen molar-refractivity contribution in [2.75, 3.05) is 6.54 Å². The summed E-state index contributed by atoms with van der Waals surface area (Å²) in [4.78, 5) is 31.5. The molecule has 0 unspecified atom stereocenters.